The molecule has 1 rings (SSSR count). The summed E-state index contributed by atoms with van der Waals surface area (Å²) in [7, 11) is 0. The Labute approximate surface area is 96.5 Å². The molecule has 0 aromatic heterocycles. The van der Waals surface area contributed by atoms with Crippen LogP contribution in [0, 0.1) is 4.91 Å². The standard InChI is InChI=1S/C10H14N2O3S/c1-10(2,11-7-12-13)8-5-3-4-6-9(8)16(14)15/h3-6,11H,7H2,1-2H3,(H,14,15)/p-1. The maximum absolute atomic E-state index is 11.0. The van der Waals surface area contributed by atoms with Gasteiger partial charge in [-0.25, -0.2) is 0 Å². The quantitative estimate of drug-likeness (QED) is 0.625. The van der Waals surface area contributed by atoms with Crippen LogP contribution in [0.1, 0.15) is 19.4 Å². The molecule has 1 aromatic carbocycles. The molecule has 0 saturated heterocycles. The fourth-order valence-corrected chi connectivity index (χ4v) is 2.15. The zero-order chi connectivity index (χ0) is 12.2. The minimum atomic E-state index is -2.29. The van der Waals surface area contributed by atoms with Gasteiger partial charge in [0.15, 0.2) is 0 Å². The van der Waals surface area contributed by atoms with Crippen molar-refractivity contribution in [2.75, 3.05) is 6.67 Å². The van der Waals surface area contributed by atoms with Gasteiger partial charge in [-0.05, 0) is 36.6 Å². The Hall–Kier alpha value is -1.11. The van der Waals surface area contributed by atoms with E-state index in [0.717, 1.165) is 0 Å². The number of nitroso groups, excluding NO2 is 1. The second-order valence-corrected chi connectivity index (χ2v) is 4.73. The normalized spacial score (nSPS) is 13.4. The van der Waals surface area contributed by atoms with Gasteiger partial charge in [-0.1, -0.05) is 23.4 Å². The van der Waals surface area contributed by atoms with Crippen molar-refractivity contribution in [2.24, 2.45) is 5.18 Å². The number of benzene rings is 1. The summed E-state index contributed by atoms with van der Waals surface area (Å²) in [6.07, 6.45) is 0. The predicted octanol–water partition coefficient (Wildman–Crippen LogP) is 1.47. The molecular weight excluding hydrogens is 228 g/mol. The maximum Gasteiger partial charge on any atom is 0.132 e. The molecular formula is C10H13N2O3S-. The van der Waals surface area contributed by atoms with Crippen LogP contribution >= 0.6 is 0 Å². The Morgan fingerprint density at radius 1 is 1.44 bits per heavy atom. The van der Waals surface area contributed by atoms with Crippen LogP contribution in [0.15, 0.2) is 34.3 Å². The van der Waals surface area contributed by atoms with E-state index in [1.165, 1.54) is 6.07 Å². The minimum Gasteiger partial charge on any atom is -0.768 e. The van der Waals surface area contributed by atoms with Crippen molar-refractivity contribution in [1.29, 1.82) is 0 Å². The van der Waals surface area contributed by atoms with Crippen molar-refractivity contribution in [3.63, 3.8) is 0 Å². The van der Waals surface area contributed by atoms with Gasteiger partial charge in [0.05, 0.1) is 0 Å². The molecule has 0 aliphatic rings. The molecule has 1 N–H and O–H groups in total. The second-order valence-electron chi connectivity index (χ2n) is 3.82. The highest BCUT2D eigenvalue weighted by Crippen LogP contribution is 2.25. The number of hydrogen-bond acceptors (Lipinski definition) is 5. The number of hydrogen-bond donors (Lipinski definition) is 1. The molecule has 16 heavy (non-hydrogen) atoms. The number of nitrogens with zero attached hydrogens (tertiary/aromatic N) is 1. The van der Waals surface area contributed by atoms with Crippen molar-refractivity contribution in [3.05, 3.63) is 34.7 Å². The Balaban J connectivity index is 3.10. The van der Waals surface area contributed by atoms with Crippen LogP contribution in [-0.4, -0.2) is 15.4 Å². The first-order chi connectivity index (χ1) is 7.49. The summed E-state index contributed by atoms with van der Waals surface area (Å²) in [4.78, 5) is 10.3. The minimum absolute atomic E-state index is 0.0627. The summed E-state index contributed by atoms with van der Waals surface area (Å²) in [5.41, 5.74) is -0.00289. The maximum atomic E-state index is 11.0. The van der Waals surface area contributed by atoms with E-state index in [2.05, 4.69) is 10.5 Å². The van der Waals surface area contributed by atoms with Gasteiger partial charge in [-0.3, -0.25) is 9.53 Å². The van der Waals surface area contributed by atoms with Crippen LogP contribution in [0.4, 0.5) is 0 Å². The third-order valence-electron chi connectivity index (χ3n) is 2.33. The molecule has 88 valence electrons. The topological polar surface area (TPSA) is 81.6 Å². The van der Waals surface area contributed by atoms with Gasteiger partial charge < -0.3 is 4.55 Å². The van der Waals surface area contributed by atoms with Crippen LogP contribution < -0.4 is 5.32 Å². The second kappa shape index (κ2) is 5.29. The van der Waals surface area contributed by atoms with Crippen LogP contribution in [-0.2, 0) is 16.6 Å². The molecule has 0 amide bonds. The van der Waals surface area contributed by atoms with Crippen LogP contribution in [0.3, 0.4) is 0 Å². The van der Waals surface area contributed by atoms with Crippen LogP contribution in [0.25, 0.3) is 0 Å². The molecule has 0 aliphatic heterocycles. The Kier molecular flexibility index (Phi) is 4.28. The monoisotopic (exact) mass is 241 g/mol. The molecule has 6 heteroatoms. The molecule has 0 fully saturated rings. The summed E-state index contributed by atoms with van der Waals surface area (Å²) in [5, 5.41) is 5.57. The van der Waals surface area contributed by atoms with Gasteiger partial charge in [0, 0.05) is 10.4 Å². The van der Waals surface area contributed by atoms with E-state index in [4.69, 9.17) is 0 Å². The first-order valence-corrected chi connectivity index (χ1v) is 5.79. The van der Waals surface area contributed by atoms with Crippen molar-refractivity contribution >= 4 is 11.1 Å². The van der Waals surface area contributed by atoms with Gasteiger partial charge in [0.2, 0.25) is 0 Å². The average Bonchev–Trinajstić information content (AvgIpc) is 2.26. The summed E-state index contributed by atoms with van der Waals surface area (Å²) in [6.45, 7) is 3.53. The fourth-order valence-electron chi connectivity index (χ4n) is 1.45. The zero-order valence-corrected chi connectivity index (χ0v) is 9.91. The Bertz CT molecular complexity index is 407. The first kappa shape index (κ1) is 13.0. The molecule has 1 atom stereocenters. The molecule has 0 saturated carbocycles. The van der Waals surface area contributed by atoms with E-state index >= 15 is 0 Å². The molecule has 1 aromatic rings. The number of nitrogens with one attached hydrogen (secondary N) is 1. The van der Waals surface area contributed by atoms with Crippen molar-refractivity contribution in [1.82, 2.24) is 5.32 Å². The van der Waals surface area contributed by atoms with Crippen molar-refractivity contribution in [3.8, 4) is 0 Å². The highest BCUT2D eigenvalue weighted by molar-refractivity contribution is 7.79. The van der Waals surface area contributed by atoms with Crippen molar-refractivity contribution in [2.45, 2.75) is 24.3 Å². The van der Waals surface area contributed by atoms with Gasteiger partial charge >= 0.3 is 0 Å². The Morgan fingerprint density at radius 3 is 2.62 bits per heavy atom. The van der Waals surface area contributed by atoms with Crippen LogP contribution in [0.5, 0.6) is 0 Å². The first-order valence-electron chi connectivity index (χ1n) is 4.72. The average molecular weight is 241 g/mol. The number of rotatable bonds is 5. The van der Waals surface area contributed by atoms with Gasteiger partial charge in [-0.2, -0.15) is 0 Å². The molecule has 0 aliphatic carbocycles. The summed E-state index contributed by atoms with van der Waals surface area (Å²) in [5.74, 6) is 0. The van der Waals surface area contributed by atoms with E-state index in [1.54, 1.807) is 32.0 Å². The zero-order valence-electron chi connectivity index (χ0n) is 9.10. The molecule has 0 spiro atoms. The summed E-state index contributed by atoms with van der Waals surface area (Å²) in [6, 6.07) is 6.64. The molecule has 0 radical (unpaired) electrons. The summed E-state index contributed by atoms with van der Waals surface area (Å²) >= 11 is -2.29. The summed E-state index contributed by atoms with van der Waals surface area (Å²) < 4.78 is 22.1. The lowest BCUT2D eigenvalue weighted by Gasteiger charge is -2.28. The SMILES string of the molecule is CC(C)(NCN=O)c1ccccc1S(=O)[O-]. The van der Waals surface area contributed by atoms with E-state index in [0.29, 0.717) is 5.56 Å². The highest BCUT2D eigenvalue weighted by Gasteiger charge is 2.22. The van der Waals surface area contributed by atoms with E-state index in [1.807, 2.05) is 0 Å². The molecule has 5 nitrogen and oxygen atoms in total. The molecule has 0 bridgehead atoms. The molecule has 1 unspecified atom stereocenters. The molecule has 0 heterocycles. The fraction of sp³-hybridized carbons (Fsp3) is 0.400. The van der Waals surface area contributed by atoms with Gasteiger partial charge in [-0.15, -0.1) is 4.91 Å². The Morgan fingerprint density at radius 2 is 2.06 bits per heavy atom. The smallest absolute Gasteiger partial charge is 0.132 e. The lowest BCUT2D eigenvalue weighted by molar-refractivity contribution is 0.401. The van der Waals surface area contributed by atoms with E-state index in [9.17, 15) is 13.7 Å². The third-order valence-corrected chi connectivity index (χ3v) is 3.04. The van der Waals surface area contributed by atoms with E-state index < -0.39 is 16.6 Å². The van der Waals surface area contributed by atoms with Gasteiger partial charge in [0.25, 0.3) is 0 Å². The largest absolute Gasteiger partial charge is 0.768 e. The van der Waals surface area contributed by atoms with Crippen LogP contribution in [0.2, 0.25) is 0 Å². The predicted molar refractivity (Wildman–Crippen MR) is 60.5 cm³/mol. The van der Waals surface area contributed by atoms with E-state index in [-0.39, 0.29) is 11.6 Å². The lowest BCUT2D eigenvalue weighted by atomic mass is 9.94. The van der Waals surface area contributed by atoms with Gasteiger partial charge in [0.1, 0.15) is 6.67 Å². The third kappa shape index (κ3) is 2.94. The van der Waals surface area contributed by atoms with Crippen molar-refractivity contribution < 1.29 is 8.76 Å². The lowest BCUT2D eigenvalue weighted by Crippen LogP contribution is -2.37. The highest BCUT2D eigenvalue weighted by atomic mass is 32.2.